The largest absolute Gasteiger partial charge is 0.381 e. The highest BCUT2D eigenvalue weighted by molar-refractivity contribution is 7.89. The summed E-state index contributed by atoms with van der Waals surface area (Å²) in [5.41, 5.74) is 0.937. The van der Waals surface area contributed by atoms with E-state index in [9.17, 15) is 8.42 Å². The summed E-state index contributed by atoms with van der Waals surface area (Å²) in [5, 5.41) is 3.48. The molecule has 1 unspecified atom stereocenters. The molecule has 2 aliphatic rings. The van der Waals surface area contributed by atoms with Crippen LogP contribution in [0.25, 0.3) is 0 Å². The van der Waals surface area contributed by atoms with Gasteiger partial charge in [0.15, 0.2) is 0 Å². The molecule has 116 valence electrons. The number of para-hydroxylation sites is 1. The standard InChI is InChI=1S/C16H24N2O2S/c1-16(2)11-5-8-15(16)17-13-6-3-4-7-14(13)21(19,20)18-12-9-10-12/h3-4,6-7,12,15,17-18H,5,8-11H2,1-2H3. The van der Waals surface area contributed by atoms with Gasteiger partial charge in [-0.15, -0.1) is 0 Å². The van der Waals surface area contributed by atoms with Gasteiger partial charge in [0.1, 0.15) is 4.90 Å². The molecular weight excluding hydrogens is 284 g/mol. The van der Waals surface area contributed by atoms with Gasteiger partial charge >= 0.3 is 0 Å². The fraction of sp³-hybridized carbons (Fsp3) is 0.625. The van der Waals surface area contributed by atoms with Crippen LogP contribution >= 0.6 is 0 Å². The number of benzene rings is 1. The van der Waals surface area contributed by atoms with Crippen molar-refractivity contribution in [1.29, 1.82) is 0 Å². The first kappa shape index (κ1) is 14.9. The maximum Gasteiger partial charge on any atom is 0.242 e. The van der Waals surface area contributed by atoms with Gasteiger partial charge in [0.2, 0.25) is 10.0 Å². The zero-order valence-electron chi connectivity index (χ0n) is 12.7. The van der Waals surface area contributed by atoms with Gasteiger partial charge in [-0.05, 0) is 43.2 Å². The van der Waals surface area contributed by atoms with E-state index in [1.807, 2.05) is 12.1 Å². The molecule has 2 saturated carbocycles. The van der Waals surface area contributed by atoms with E-state index in [1.165, 1.54) is 12.8 Å². The van der Waals surface area contributed by atoms with Gasteiger partial charge in [0.05, 0.1) is 5.69 Å². The minimum atomic E-state index is -3.42. The van der Waals surface area contributed by atoms with Gasteiger partial charge in [-0.1, -0.05) is 32.4 Å². The van der Waals surface area contributed by atoms with Gasteiger partial charge in [-0.3, -0.25) is 0 Å². The van der Waals surface area contributed by atoms with Gasteiger partial charge in [0.25, 0.3) is 0 Å². The van der Waals surface area contributed by atoms with Crippen LogP contribution in [-0.4, -0.2) is 20.5 Å². The van der Waals surface area contributed by atoms with Crippen LogP contribution in [-0.2, 0) is 10.0 Å². The van der Waals surface area contributed by atoms with Crippen molar-refractivity contribution in [3.05, 3.63) is 24.3 Å². The molecule has 21 heavy (non-hydrogen) atoms. The normalized spacial score (nSPS) is 25.0. The van der Waals surface area contributed by atoms with Gasteiger partial charge in [0, 0.05) is 12.1 Å². The average Bonchev–Trinajstić information content (AvgIpc) is 3.14. The average molecular weight is 308 g/mol. The molecular formula is C16H24N2O2S. The summed E-state index contributed by atoms with van der Waals surface area (Å²) in [7, 11) is -3.42. The van der Waals surface area contributed by atoms with Gasteiger partial charge < -0.3 is 5.32 Å². The Morgan fingerprint density at radius 2 is 1.86 bits per heavy atom. The van der Waals surface area contributed by atoms with Crippen molar-refractivity contribution in [1.82, 2.24) is 4.72 Å². The summed E-state index contributed by atoms with van der Waals surface area (Å²) >= 11 is 0. The van der Waals surface area contributed by atoms with Crippen LogP contribution < -0.4 is 10.0 Å². The van der Waals surface area contributed by atoms with Crippen molar-refractivity contribution in [2.24, 2.45) is 5.41 Å². The van der Waals surface area contributed by atoms with E-state index in [0.717, 1.165) is 24.9 Å². The Bertz CT molecular complexity index is 621. The Labute approximate surface area is 127 Å². The monoisotopic (exact) mass is 308 g/mol. The van der Waals surface area contributed by atoms with Crippen LogP contribution in [0.4, 0.5) is 5.69 Å². The quantitative estimate of drug-likeness (QED) is 0.878. The lowest BCUT2D eigenvalue weighted by Crippen LogP contribution is -2.32. The minimum Gasteiger partial charge on any atom is -0.381 e. The highest BCUT2D eigenvalue weighted by Gasteiger charge is 2.35. The van der Waals surface area contributed by atoms with Crippen LogP contribution in [0.15, 0.2) is 29.2 Å². The van der Waals surface area contributed by atoms with E-state index in [0.29, 0.717) is 10.9 Å². The molecule has 0 heterocycles. The highest BCUT2D eigenvalue weighted by Crippen LogP contribution is 2.39. The molecule has 1 aromatic rings. The third kappa shape index (κ3) is 3.24. The van der Waals surface area contributed by atoms with Crippen molar-refractivity contribution < 1.29 is 8.42 Å². The molecule has 0 radical (unpaired) electrons. The van der Waals surface area contributed by atoms with Gasteiger partial charge in [-0.25, -0.2) is 13.1 Å². The maximum atomic E-state index is 12.5. The lowest BCUT2D eigenvalue weighted by atomic mass is 9.87. The second-order valence-electron chi connectivity index (χ2n) is 6.97. The SMILES string of the molecule is CC1(C)CCCC1Nc1ccccc1S(=O)(=O)NC1CC1. The molecule has 4 nitrogen and oxygen atoms in total. The third-order valence-corrected chi connectivity index (χ3v) is 6.24. The van der Waals surface area contributed by atoms with Crippen molar-refractivity contribution in [2.75, 3.05) is 5.32 Å². The number of hydrogen-bond donors (Lipinski definition) is 2. The molecule has 5 heteroatoms. The van der Waals surface area contributed by atoms with E-state index < -0.39 is 10.0 Å². The second kappa shape index (κ2) is 5.29. The van der Waals surface area contributed by atoms with E-state index in [1.54, 1.807) is 12.1 Å². The number of hydrogen-bond acceptors (Lipinski definition) is 3. The van der Waals surface area contributed by atoms with E-state index >= 15 is 0 Å². The highest BCUT2D eigenvalue weighted by atomic mass is 32.2. The molecule has 1 atom stereocenters. The smallest absolute Gasteiger partial charge is 0.242 e. The van der Waals surface area contributed by atoms with Gasteiger partial charge in [-0.2, -0.15) is 0 Å². The lowest BCUT2D eigenvalue weighted by molar-refractivity contribution is 0.349. The van der Waals surface area contributed by atoms with Crippen molar-refractivity contribution in [2.45, 2.75) is 62.9 Å². The number of rotatable bonds is 5. The Kier molecular flexibility index (Phi) is 3.74. The summed E-state index contributed by atoms with van der Waals surface area (Å²) in [6, 6.07) is 7.69. The van der Waals surface area contributed by atoms with E-state index in [2.05, 4.69) is 23.9 Å². The van der Waals surface area contributed by atoms with Crippen molar-refractivity contribution in [3.63, 3.8) is 0 Å². The molecule has 3 rings (SSSR count). The molecule has 0 aromatic heterocycles. The number of anilines is 1. The Morgan fingerprint density at radius 3 is 2.48 bits per heavy atom. The molecule has 0 aliphatic heterocycles. The Balaban J connectivity index is 1.85. The van der Waals surface area contributed by atoms with Crippen molar-refractivity contribution in [3.8, 4) is 0 Å². The molecule has 2 fully saturated rings. The predicted octanol–water partition coefficient (Wildman–Crippen LogP) is 3.12. The predicted molar refractivity (Wildman–Crippen MR) is 84.8 cm³/mol. The summed E-state index contributed by atoms with van der Waals surface area (Å²) in [6.07, 6.45) is 5.37. The maximum absolute atomic E-state index is 12.5. The summed E-state index contributed by atoms with van der Waals surface area (Å²) in [5.74, 6) is 0. The lowest BCUT2D eigenvalue weighted by Gasteiger charge is -2.29. The third-order valence-electron chi connectivity index (χ3n) is 4.66. The van der Waals surface area contributed by atoms with Crippen molar-refractivity contribution >= 4 is 15.7 Å². The summed E-state index contributed by atoms with van der Waals surface area (Å²) < 4.78 is 27.7. The Morgan fingerprint density at radius 1 is 1.14 bits per heavy atom. The van der Waals surface area contributed by atoms with Crippen LogP contribution in [0.1, 0.15) is 46.0 Å². The number of nitrogens with one attached hydrogen (secondary N) is 2. The van der Waals surface area contributed by atoms with Crippen LogP contribution in [0.2, 0.25) is 0 Å². The first-order valence-corrected chi connectivity index (χ1v) is 9.25. The fourth-order valence-corrected chi connectivity index (χ4v) is 4.56. The zero-order valence-corrected chi connectivity index (χ0v) is 13.5. The first-order valence-electron chi connectivity index (χ1n) is 7.76. The van der Waals surface area contributed by atoms with E-state index in [4.69, 9.17) is 0 Å². The first-order chi connectivity index (χ1) is 9.88. The topological polar surface area (TPSA) is 58.2 Å². The summed E-state index contributed by atoms with van der Waals surface area (Å²) in [6.45, 7) is 4.49. The van der Waals surface area contributed by atoms with Crippen LogP contribution in [0.5, 0.6) is 0 Å². The molecule has 2 aliphatic carbocycles. The minimum absolute atomic E-state index is 0.131. The Hall–Kier alpha value is -1.07. The van der Waals surface area contributed by atoms with Crippen LogP contribution in [0.3, 0.4) is 0 Å². The molecule has 2 N–H and O–H groups in total. The second-order valence-corrected chi connectivity index (χ2v) is 8.65. The zero-order chi connectivity index (χ0) is 15.1. The number of sulfonamides is 1. The summed E-state index contributed by atoms with van der Waals surface area (Å²) in [4.78, 5) is 0.375. The molecule has 0 spiro atoms. The fourth-order valence-electron chi connectivity index (χ4n) is 3.09. The molecule has 0 saturated heterocycles. The molecule has 0 bridgehead atoms. The molecule has 1 aromatic carbocycles. The molecule has 0 amide bonds. The van der Waals surface area contributed by atoms with Crippen LogP contribution in [0, 0.1) is 5.41 Å². The van der Waals surface area contributed by atoms with E-state index in [-0.39, 0.29) is 11.5 Å².